The normalized spacial score (nSPS) is 24.4. The molecule has 0 bridgehead atoms. The summed E-state index contributed by atoms with van der Waals surface area (Å²) >= 11 is 0. The van der Waals surface area contributed by atoms with Crippen molar-refractivity contribution in [3.63, 3.8) is 0 Å². The number of morpholine rings is 1. The summed E-state index contributed by atoms with van der Waals surface area (Å²) in [5.74, 6) is -0.488. The Hall–Kier alpha value is -1.66. The van der Waals surface area contributed by atoms with Crippen LogP contribution in [0.4, 0.5) is 10.1 Å². The van der Waals surface area contributed by atoms with Gasteiger partial charge >= 0.3 is 0 Å². The number of rotatable bonds is 2. The first-order chi connectivity index (χ1) is 11.7. The van der Waals surface area contributed by atoms with Gasteiger partial charge in [-0.05, 0) is 46.0 Å². The Kier molecular flexibility index (Phi) is 5.02. The van der Waals surface area contributed by atoms with Crippen LogP contribution in [0.3, 0.4) is 0 Å². The first kappa shape index (κ1) is 18.1. The van der Waals surface area contributed by atoms with E-state index >= 15 is 0 Å². The predicted octanol–water partition coefficient (Wildman–Crippen LogP) is 2.22. The van der Waals surface area contributed by atoms with Crippen molar-refractivity contribution in [3.8, 4) is 0 Å². The van der Waals surface area contributed by atoms with Crippen LogP contribution in [0.25, 0.3) is 0 Å². The van der Waals surface area contributed by atoms with Crippen LogP contribution in [0.5, 0.6) is 0 Å². The molecule has 2 aliphatic rings. The zero-order valence-electron chi connectivity index (χ0n) is 15.6. The summed E-state index contributed by atoms with van der Waals surface area (Å²) < 4.78 is 19.8. The molecule has 1 atom stereocenters. The van der Waals surface area contributed by atoms with E-state index in [-0.39, 0.29) is 17.8 Å². The van der Waals surface area contributed by atoms with Crippen LogP contribution in [0.2, 0.25) is 0 Å². The lowest BCUT2D eigenvalue weighted by Gasteiger charge is -2.42. The molecule has 1 amide bonds. The number of hydrogen-bond acceptors (Lipinski definition) is 4. The van der Waals surface area contributed by atoms with E-state index in [2.05, 4.69) is 16.8 Å². The van der Waals surface area contributed by atoms with Gasteiger partial charge in [0.2, 0.25) is 0 Å². The van der Waals surface area contributed by atoms with Crippen LogP contribution in [0, 0.1) is 5.82 Å². The second kappa shape index (κ2) is 6.92. The lowest BCUT2D eigenvalue weighted by Crippen LogP contribution is -2.54. The van der Waals surface area contributed by atoms with E-state index < -0.39 is 5.60 Å². The van der Waals surface area contributed by atoms with Crippen molar-refractivity contribution in [3.05, 3.63) is 29.6 Å². The fraction of sp³-hybridized carbons (Fsp3) is 0.632. The van der Waals surface area contributed by atoms with E-state index in [1.54, 1.807) is 11.0 Å². The number of halogens is 1. The van der Waals surface area contributed by atoms with Gasteiger partial charge in [0.05, 0.1) is 17.3 Å². The van der Waals surface area contributed by atoms with Crippen LogP contribution in [0.1, 0.15) is 31.1 Å². The molecule has 0 saturated carbocycles. The molecule has 25 heavy (non-hydrogen) atoms. The topological polar surface area (TPSA) is 36.0 Å². The molecule has 3 rings (SSSR count). The van der Waals surface area contributed by atoms with Crippen molar-refractivity contribution in [2.45, 2.75) is 32.5 Å². The molecule has 1 aromatic carbocycles. The van der Waals surface area contributed by atoms with Gasteiger partial charge in [-0.15, -0.1) is 0 Å². The van der Waals surface area contributed by atoms with Gasteiger partial charge in [0.15, 0.2) is 0 Å². The minimum Gasteiger partial charge on any atom is -0.369 e. The smallest absolute Gasteiger partial charge is 0.256 e. The SMILES string of the molecule is C[C@H]1CN(C(=O)c2cc(F)ccc2N2CCN(C)CC2)CC(C)(C)O1. The Morgan fingerprint density at radius 2 is 1.92 bits per heavy atom. The first-order valence-corrected chi connectivity index (χ1v) is 8.95. The zero-order valence-corrected chi connectivity index (χ0v) is 15.6. The number of hydrogen-bond donors (Lipinski definition) is 0. The van der Waals surface area contributed by atoms with Gasteiger partial charge in [0, 0.05) is 45.0 Å². The molecule has 2 saturated heterocycles. The van der Waals surface area contributed by atoms with Crippen molar-refractivity contribution in [2.75, 3.05) is 51.2 Å². The van der Waals surface area contributed by atoms with Crippen molar-refractivity contribution < 1.29 is 13.9 Å². The number of carbonyl (C=O) groups excluding carboxylic acids is 1. The first-order valence-electron chi connectivity index (χ1n) is 8.95. The Morgan fingerprint density at radius 3 is 2.56 bits per heavy atom. The summed E-state index contributed by atoms with van der Waals surface area (Å²) in [5.41, 5.74) is 0.889. The molecule has 2 heterocycles. The Balaban J connectivity index is 1.88. The number of nitrogens with zero attached hydrogens (tertiary/aromatic N) is 3. The van der Waals surface area contributed by atoms with Gasteiger partial charge in [0.25, 0.3) is 5.91 Å². The minimum atomic E-state index is -0.394. The van der Waals surface area contributed by atoms with E-state index in [1.165, 1.54) is 12.1 Å². The maximum Gasteiger partial charge on any atom is 0.256 e. The van der Waals surface area contributed by atoms with E-state index in [9.17, 15) is 9.18 Å². The van der Waals surface area contributed by atoms with E-state index in [1.807, 2.05) is 20.8 Å². The molecule has 1 aromatic rings. The molecular weight excluding hydrogens is 321 g/mol. The summed E-state index contributed by atoms with van der Waals surface area (Å²) in [5, 5.41) is 0. The number of carbonyl (C=O) groups is 1. The number of likely N-dealkylation sites (N-methyl/N-ethyl adjacent to an activating group) is 1. The second-order valence-electron chi connectivity index (χ2n) is 7.83. The number of ether oxygens (including phenoxy) is 1. The van der Waals surface area contributed by atoms with Gasteiger partial charge in [-0.1, -0.05) is 0 Å². The summed E-state index contributed by atoms with van der Waals surface area (Å²) in [6, 6.07) is 4.56. The summed E-state index contributed by atoms with van der Waals surface area (Å²) in [6.45, 7) is 10.5. The molecule has 0 radical (unpaired) electrons. The number of anilines is 1. The van der Waals surface area contributed by atoms with Gasteiger partial charge in [-0.2, -0.15) is 0 Å². The van der Waals surface area contributed by atoms with Crippen molar-refractivity contribution >= 4 is 11.6 Å². The van der Waals surface area contributed by atoms with Gasteiger partial charge in [-0.3, -0.25) is 4.79 Å². The maximum absolute atomic E-state index is 13.9. The number of amides is 1. The van der Waals surface area contributed by atoms with Crippen LogP contribution >= 0.6 is 0 Å². The fourth-order valence-corrected chi connectivity index (χ4v) is 3.78. The highest BCUT2D eigenvalue weighted by Gasteiger charge is 2.35. The van der Waals surface area contributed by atoms with Gasteiger partial charge < -0.3 is 19.4 Å². The summed E-state index contributed by atoms with van der Waals surface area (Å²) in [7, 11) is 2.09. The molecule has 2 aliphatic heterocycles. The molecule has 2 fully saturated rings. The molecule has 5 nitrogen and oxygen atoms in total. The van der Waals surface area contributed by atoms with Crippen LogP contribution in [0.15, 0.2) is 18.2 Å². The molecule has 0 N–H and O–H groups in total. The summed E-state index contributed by atoms with van der Waals surface area (Å²) in [4.78, 5) is 19.4. The molecule has 0 aliphatic carbocycles. The molecule has 6 heteroatoms. The zero-order chi connectivity index (χ0) is 18.2. The Labute approximate surface area is 149 Å². The predicted molar refractivity (Wildman–Crippen MR) is 96.6 cm³/mol. The third-order valence-electron chi connectivity index (χ3n) is 4.89. The summed E-state index contributed by atoms with van der Waals surface area (Å²) in [6.07, 6.45) is -0.0339. The average Bonchev–Trinajstić information content (AvgIpc) is 2.53. The molecule has 138 valence electrons. The lowest BCUT2D eigenvalue weighted by atomic mass is 10.0. The molecule has 0 unspecified atom stereocenters. The van der Waals surface area contributed by atoms with E-state index in [0.29, 0.717) is 18.7 Å². The highest BCUT2D eigenvalue weighted by molar-refractivity contribution is 6.00. The minimum absolute atomic E-state index is 0.0339. The quantitative estimate of drug-likeness (QED) is 0.820. The largest absolute Gasteiger partial charge is 0.369 e. The van der Waals surface area contributed by atoms with E-state index in [4.69, 9.17) is 4.74 Å². The standard InChI is InChI=1S/C19H28FN3O2/c1-14-12-23(13-19(2,3)25-14)18(24)16-11-15(20)5-6-17(16)22-9-7-21(4)8-10-22/h5-6,11,14H,7-10,12-13H2,1-4H3/t14-/m0/s1. The van der Waals surface area contributed by atoms with Crippen LogP contribution < -0.4 is 4.90 Å². The number of benzene rings is 1. The highest BCUT2D eigenvalue weighted by Crippen LogP contribution is 2.28. The lowest BCUT2D eigenvalue weighted by molar-refractivity contribution is -0.118. The molecular formula is C19H28FN3O2. The third kappa shape index (κ3) is 4.12. The van der Waals surface area contributed by atoms with Crippen molar-refractivity contribution in [1.29, 1.82) is 0 Å². The second-order valence-corrected chi connectivity index (χ2v) is 7.83. The number of piperazine rings is 1. The Morgan fingerprint density at radius 1 is 1.24 bits per heavy atom. The van der Waals surface area contributed by atoms with Crippen LogP contribution in [-0.4, -0.2) is 73.7 Å². The van der Waals surface area contributed by atoms with Crippen molar-refractivity contribution in [1.82, 2.24) is 9.80 Å². The Bertz CT molecular complexity index is 642. The highest BCUT2D eigenvalue weighted by atomic mass is 19.1. The third-order valence-corrected chi connectivity index (χ3v) is 4.89. The van der Waals surface area contributed by atoms with Crippen LogP contribution in [-0.2, 0) is 4.74 Å². The molecule has 0 spiro atoms. The van der Waals surface area contributed by atoms with Gasteiger partial charge in [0.1, 0.15) is 5.82 Å². The van der Waals surface area contributed by atoms with Gasteiger partial charge in [-0.25, -0.2) is 4.39 Å². The van der Waals surface area contributed by atoms with E-state index in [0.717, 1.165) is 31.9 Å². The molecule has 0 aromatic heterocycles. The van der Waals surface area contributed by atoms with Crippen molar-refractivity contribution in [2.24, 2.45) is 0 Å². The average molecular weight is 349 g/mol. The fourth-order valence-electron chi connectivity index (χ4n) is 3.78. The monoisotopic (exact) mass is 349 g/mol. The maximum atomic E-state index is 13.9.